The van der Waals surface area contributed by atoms with E-state index in [1.165, 1.54) is 16.7 Å². The van der Waals surface area contributed by atoms with Crippen molar-refractivity contribution in [1.29, 1.82) is 0 Å². The number of hydrogen-bond acceptors (Lipinski definition) is 5. The largest absolute Gasteiger partial charge is 0.467 e. The average molecular weight is 329 g/mol. The van der Waals surface area contributed by atoms with Crippen LogP contribution in [-0.4, -0.2) is 27.6 Å². The number of rotatable bonds is 4. The van der Waals surface area contributed by atoms with E-state index in [9.17, 15) is 9.59 Å². The Labute approximate surface area is 137 Å². The minimum absolute atomic E-state index is 0.0599. The van der Waals surface area contributed by atoms with Gasteiger partial charge in [0.2, 0.25) is 5.91 Å². The molecule has 2 aromatic rings. The summed E-state index contributed by atoms with van der Waals surface area (Å²) in [5.74, 6) is 0.613. The number of thioether (sulfide) groups is 1. The summed E-state index contributed by atoms with van der Waals surface area (Å²) in [6.45, 7) is 2.16. The van der Waals surface area contributed by atoms with Crippen LogP contribution in [0.1, 0.15) is 21.7 Å². The van der Waals surface area contributed by atoms with Crippen LogP contribution in [0.2, 0.25) is 0 Å². The first-order valence-electron chi connectivity index (χ1n) is 7.04. The average Bonchev–Trinajstić information content (AvgIpc) is 3.17. The molecule has 0 unspecified atom stereocenters. The number of hydrogen-bond donors (Lipinski definition) is 1. The van der Waals surface area contributed by atoms with Crippen LogP contribution < -0.4 is 5.43 Å². The quantitative estimate of drug-likeness (QED) is 0.874. The molecule has 0 bridgehead atoms. The number of benzene rings is 1. The number of carbonyl (C=O) groups excluding carboxylic acids is 2. The number of amides is 2. The third-order valence-corrected chi connectivity index (χ3v) is 4.35. The second-order valence-corrected chi connectivity index (χ2v) is 5.94. The maximum atomic E-state index is 12.2. The number of amidine groups is 1. The number of carbonyl (C=O) groups is 2. The van der Waals surface area contributed by atoms with E-state index in [0.717, 1.165) is 5.56 Å². The Morgan fingerprint density at radius 3 is 2.91 bits per heavy atom. The molecule has 0 atom stereocenters. The molecule has 1 N–H and O–H groups in total. The normalized spacial score (nSPS) is 16.1. The molecule has 7 heteroatoms. The van der Waals surface area contributed by atoms with Crippen molar-refractivity contribution in [2.75, 3.05) is 5.75 Å². The molecular weight excluding hydrogens is 314 g/mol. The molecule has 1 saturated heterocycles. The van der Waals surface area contributed by atoms with E-state index in [-0.39, 0.29) is 11.8 Å². The molecule has 3 rings (SSSR count). The van der Waals surface area contributed by atoms with Gasteiger partial charge in [0.1, 0.15) is 5.76 Å². The molecule has 1 aromatic heterocycles. The Morgan fingerprint density at radius 1 is 1.35 bits per heavy atom. The van der Waals surface area contributed by atoms with Gasteiger partial charge in [-0.25, -0.2) is 5.43 Å². The van der Waals surface area contributed by atoms with Crippen molar-refractivity contribution in [1.82, 2.24) is 10.3 Å². The smallest absolute Gasteiger partial charge is 0.271 e. The highest BCUT2D eigenvalue weighted by molar-refractivity contribution is 8.15. The van der Waals surface area contributed by atoms with Crippen molar-refractivity contribution in [3.05, 3.63) is 59.5 Å². The van der Waals surface area contributed by atoms with Crippen LogP contribution in [0.4, 0.5) is 0 Å². The Kier molecular flexibility index (Phi) is 4.47. The second-order valence-electron chi connectivity index (χ2n) is 5.00. The van der Waals surface area contributed by atoms with Crippen molar-refractivity contribution in [3.63, 3.8) is 0 Å². The molecule has 0 radical (unpaired) electrons. The Morgan fingerprint density at radius 2 is 2.17 bits per heavy atom. The molecule has 1 fully saturated rings. The van der Waals surface area contributed by atoms with Crippen molar-refractivity contribution < 1.29 is 14.0 Å². The van der Waals surface area contributed by atoms with E-state index in [2.05, 4.69) is 10.5 Å². The molecule has 118 valence electrons. The predicted molar refractivity (Wildman–Crippen MR) is 87.8 cm³/mol. The van der Waals surface area contributed by atoms with E-state index < -0.39 is 0 Å². The summed E-state index contributed by atoms with van der Waals surface area (Å²) in [6.07, 6.45) is 1.56. The second kappa shape index (κ2) is 6.70. The van der Waals surface area contributed by atoms with Gasteiger partial charge in [0.25, 0.3) is 5.91 Å². The maximum Gasteiger partial charge on any atom is 0.271 e. The zero-order valence-corrected chi connectivity index (χ0v) is 13.3. The van der Waals surface area contributed by atoms with Crippen molar-refractivity contribution >= 4 is 28.7 Å². The molecule has 2 heterocycles. The molecule has 0 spiro atoms. The molecule has 23 heavy (non-hydrogen) atoms. The van der Waals surface area contributed by atoms with E-state index >= 15 is 0 Å². The highest BCUT2D eigenvalue weighted by Gasteiger charge is 2.29. The number of nitrogens with one attached hydrogen (secondary N) is 1. The summed E-state index contributed by atoms with van der Waals surface area (Å²) in [6, 6.07) is 10.8. The van der Waals surface area contributed by atoms with E-state index in [0.29, 0.717) is 28.8 Å². The van der Waals surface area contributed by atoms with Crippen molar-refractivity contribution in [3.8, 4) is 0 Å². The molecule has 2 amide bonds. The van der Waals surface area contributed by atoms with Crippen LogP contribution >= 0.6 is 11.8 Å². The van der Waals surface area contributed by atoms with Gasteiger partial charge >= 0.3 is 0 Å². The lowest BCUT2D eigenvalue weighted by atomic mass is 10.1. The van der Waals surface area contributed by atoms with Gasteiger partial charge in [-0.1, -0.05) is 30.0 Å². The van der Waals surface area contributed by atoms with Crippen molar-refractivity contribution in [2.24, 2.45) is 5.10 Å². The minimum atomic E-state index is -0.298. The monoisotopic (exact) mass is 329 g/mol. The van der Waals surface area contributed by atoms with Crippen LogP contribution in [0.25, 0.3) is 0 Å². The van der Waals surface area contributed by atoms with Gasteiger partial charge < -0.3 is 4.42 Å². The Bertz CT molecular complexity index is 756. The van der Waals surface area contributed by atoms with Gasteiger partial charge in [0.15, 0.2) is 5.17 Å². The summed E-state index contributed by atoms with van der Waals surface area (Å²) in [7, 11) is 0. The molecule has 0 aliphatic carbocycles. The molecular formula is C16H15N3O3S. The van der Waals surface area contributed by atoms with Gasteiger partial charge in [0, 0.05) is 5.56 Å². The minimum Gasteiger partial charge on any atom is -0.467 e. The summed E-state index contributed by atoms with van der Waals surface area (Å²) < 4.78 is 5.26. The summed E-state index contributed by atoms with van der Waals surface area (Å²) in [5.41, 5.74) is 3.94. The third-order valence-electron chi connectivity index (χ3n) is 3.39. The third kappa shape index (κ3) is 3.45. The predicted octanol–water partition coefficient (Wildman–Crippen LogP) is 2.36. The van der Waals surface area contributed by atoms with E-state index in [1.807, 2.05) is 19.1 Å². The van der Waals surface area contributed by atoms with Crippen molar-refractivity contribution in [2.45, 2.75) is 13.5 Å². The summed E-state index contributed by atoms with van der Waals surface area (Å²) in [4.78, 5) is 25.6. The molecule has 1 aromatic carbocycles. The van der Waals surface area contributed by atoms with Crippen LogP contribution in [0.15, 0.2) is 52.2 Å². The first-order valence-corrected chi connectivity index (χ1v) is 8.03. The first-order chi connectivity index (χ1) is 11.1. The molecule has 0 saturated carbocycles. The van der Waals surface area contributed by atoms with Crippen LogP contribution in [0.3, 0.4) is 0 Å². The fourth-order valence-corrected chi connectivity index (χ4v) is 3.02. The lowest BCUT2D eigenvalue weighted by molar-refractivity contribution is -0.124. The first kappa shape index (κ1) is 15.4. The van der Waals surface area contributed by atoms with E-state index in [4.69, 9.17) is 4.42 Å². The number of hydrazone groups is 1. The molecule has 1 aliphatic rings. The number of nitrogens with zero attached hydrogens (tertiary/aromatic N) is 2. The van der Waals surface area contributed by atoms with Gasteiger partial charge in [-0.15, -0.1) is 5.10 Å². The number of aryl methyl sites for hydroxylation is 1. The van der Waals surface area contributed by atoms with Crippen LogP contribution in [0, 0.1) is 6.92 Å². The fraction of sp³-hybridized carbons (Fsp3) is 0.188. The lowest BCUT2D eigenvalue weighted by Gasteiger charge is -2.14. The van der Waals surface area contributed by atoms with Gasteiger partial charge in [-0.05, 0) is 30.7 Å². The Hall–Kier alpha value is -2.54. The zero-order valence-electron chi connectivity index (χ0n) is 12.5. The molecule has 1 aliphatic heterocycles. The standard InChI is InChI=1S/C16H15N3O3S/c1-11-5-2-3-7-13(11)15(21)17-18-16-19(14(20)10-23-16)9-12-6-4-8-22-12/h2-8H,9-10H2,1H3,(H,17,21). The van der Waals surface area contributed by atoms with Gasteiger partial charge in [-0.2, -0.15) is 0 Å². The highest BCUT2D eigenvalue weighted by Crippen LogP contribution is 2.21. The summed E-state index contributed by atoms with van der Waals surface area (Å²) in [5, 5.41) is 4.56. The number of furan rings is 1. The highest BCUT2D eigenvalue weighted by atomic mass is 32.2. The maximum absolute atomic E-state index is 12.2. The lowest BCUT2D eigenvalue weighted by Crippen LogP contribution is -2.31. The summed E-state index contributed by atoms with van der Waals surface area (Å²) >= 11 is 1.29. The topological polar surface area (TPSA) is 74.9 Å². The molecule has 6 nitrogen and oxygen atoms in total. The van der Waals surface area contributed by atoms with Gasteiger partial charge in [-0.3, -0.25) is 14.5 Å². The van der Waals surface area contributed by atoms with Crippen LogP contribution in [0.5, 0.6) is 0 Å². The van der Waals surface area contributed by atoms with Gasteiger partial charge in [0.05, 0.1) is 18.6 Å². The van der Waals surface area contributed by atoms with Crippen LogP contribution in [-0.2, 0) is 11.3 Å². The fourth-order valence-electron chi connectivity index (χ4n) is 2.18. The van der Waals surface area contributed by atoms with E-state index in [1.54, 1.807) is 30.5 Å². The Balaban J connectivity index is 1.72. The SMILES string of the molecule is Cc1ccccc1C(=O)NN=C1SCC(=O)N1Cc1ccco1. The zero-order chi connectivity index (χ0) is 16.2.